The zero-order valence-corrected chi connectivity index (χ0v) is 21.1. The summed E-state index contributed by atoms with van der Waals surface area (Å²) in [5.41, 5.74) is 4.47. The van der Waals surface area contributed by atoms with Crippen molar-refractivity contribution < 1.29 is 27.8 Å². The van der Waals surface area contributed by atoms with Gasteiger partial charge in [-0.05, 0) is 24.3 Å². The summed E-state index contributed by atoms with van der Waals surface area (Å²) in [6, 6.07) is 16.1. The molecule has 1 aliphatic rings. The quantitative estimate of drug-likeness (QED) is 0.290. The number of aromatic nitrogens is 4. The topological polar surface area (TPSA) is 141 Å². The van der Waals surface area contributed by atoms with Gasteiger partial charge >= 0.3 is 12.1 Å². The van der Waals surface area contributed by atoms with Gasteiger partial charge in [-0.15, -0.1) is 0 Å². The highest BCUT2D eigenvalue weighted by Gasteiger charge is 2.38. The van der Waals surface area contributed by atoms with Crippen LogP contribution in [0, 0.1) is 11.3 Å². The maximum absolute atomic E-state index is 10.6. The van der Waals surface area contributed by atoms with E-state index in [1.165, 1.54) is 5.69 Å². The summed E-state index contributed by atoms with van der Waals surface area (Å²) in [4.78, 5) is 24.8. The van der Waals surface area contributed by atoms with E-state index in [1.807, 2.05) is 16.7 Å². The van der Waals surface area contributed by atoms with E-state index >= 15 is 0 Å². The number of imidazole rings is 1. The number of halogens is 3. The summed E-state index contributed by atoms with van der Waals surface area (Å²) in [5, 5.41) is 22.7. The van der Waals surface area contributed by atoms with Crippen LogP contribution < -0.4 is 15.5 Å². The van der Waals surface area contributed by atoms with E-state index in [9.17, 15) is 13.2 Å². The van der Waals surface area contributed by atoms with Gasteiger partial charge in [-0.2, -0.15) is 18.4 Å². The molecule has 0 spiro atoms. The van der Waals surface area contributed by atoms with Crippen molar-refractivity contribution in [2.24, 2.45) is 0 Å². The molecule has 0 radical (unpaired) electrons. The molecule has 40 heavy (non-hydrogen) atoms. The number of nitrogens with zero attached hydrogens (tertiary/aromatic N) is 6. The van der Waals surface area contributed by atoms with Crippen molar-refractivity contribution in [2.75, 3.05) is 54.9 Å². The number of ether oxygens (including phenoxy) is 1. The van der Waals surface area contributed by atoms with Gasteiger partial charge in [0.25, 0.3) is 0 Å². The fourth-order valence-corrected chi connectivity index (χ4v) is 3.81. The van der Waals surface area contributed by atoms with Crippen LogP contribution in [-0.2, 0) is 9.53 Å². The number of nitrogens with one attached hydrogen (secondary N) is 2. The maximum atomic E-state index is 10.6. The van der Waals surface area contributed by atoms with Crippen LogP contribution in [0.2, 0.25) is 0 Å². The van der Waals surface area contributed by atoms with Crippen LogP contribution >= 0.6 is 0 Å². The minimum Gasteiger partial charge on any atom is -0.475 e. The second-order valence-corrected chi connectivity index (χ2v) is 8.47. The number of benzene rings is 1. The maximum Gasteiger partial charge on any atom is 0.490 e. The van der Waals surface area contributed by atoms with E-state index < -0.39 is 12.1 Å². The molecule has 3 aromatic heterocycles. The molecule has 0 bridgehead atoms. The highest BCUT2D eigenvalue weighted by atomic mass is 19.4. The van der Waals surface area contributed by atoms with Gasteiger partial charge in [-0.1, -0.05) is 12.1 Å². The number of hydrogen-bond donors (Lipinski definition) is 3. The van der Waals surface area contributed by atoms with Crippen molar-refractivity contribution in [3.8, 4) is 17.3 Å². The molecule has 1 saturated heterocycles. The summed E-state index contributed by atoms with van der Waals surface area (Å²) >= 11 is 0. The first kappa shape index (κ1) is 28.1. The predicted molar refractivity (Wildman–Crippen MR) is 141 cm³/mol. The molecule has 1 aliphatic heterocycles. The number of anilines is 3. The van der Waals surface area contributed by atoms with Crippen molar-refractivity contribution in [3.63, 3.8) is 0 Å². The van der Waals surface area contributed by atoms with Gasteiger partial charge in [-0.3, -0.25) is 4.40 Å². The van der Waals surface area contributed by atoms with Crippen LogP contribution in [0.25, 0.3) is 16.9 Å². The van der Waals surface area contributed by atoms with Crippen molar-refractivity contribution in [1.29, 1.82) is 5.26 Å². The molecule has 1 aromatic carbocycles. The number of morpholine rings is 1. The molecular formula is C26H25F3N8O3. The summed E-state index contributed by atoms with van der Waals surface area (Å²) < 4.78 is 39.2. The second-order valence-electron chi connectivity index (χ2n) is 8.47. The number of pyridine rings is 1. The van der Waals surface area contributed by atoms with Crippen LogP contribution in [0.15, 0.2) is 61.1 Å². The second kappa shape index (κ2) is 12.8. The van der Waals surface area contributed by atoms with Gasteiger partial charge in [0.2, 0.25) is 5.95 Å². The smallest absolute Gasteiger partial charge is 0.475 e. The number of carboxylic acids is 1. The Hall–Kier alpha value is -4.90. The Morgan fingerprint density at radius 3 is 2.52 bits per heavy atom. The Balaban J connectivity index is 0.000000470. The first-order chi connectivity index (χ1) is 19.2. The number of fused-ring (bicyclic) bond motifs is 1. The number of carbonyl (C=O) groups is 1. The normalized spacial score (nSPS) is 13.2. The lowest BCUT2D eigenvalue weighted by molar-refractivity contribution is -0.192. The number of carboxylic acid groups (broad SMARTS) is 1. The average Bonchev–Trinajstić information content (AvgIpc) is 3.45. The molecule has 0 unspecified atom stereocenters. The van der Waals surface area contributed by atoms with Gasteiger partial charge in [0, 0.05) is 62.1 Å². The van der Waals surface area contributed by atoms with Gasteiger partial charge < -0.3 is 25.4 Å². The highest BCUT2D eigenvalue weighted by molar-refractivity contribution is 5.73. The molecule has 0 aliphatic carbocycles. The molecule has 11 nitrogen and oxygen atoms in total. The average molecular weight is 555 g/mol. The number of alkyl halides is 3. The standard InChI is InChI=1S/C24H24N8O.C2HF3O2/c25-16-18-4-5-22(29-17-18)26-6-7-28-24-30-21(15-23-27-8-9-32(23)24)19-2-1-3-20(14-19)31-10-12-33-13-11-31;3-2(4,5)1(6)7/h1-5,8-9,14-15,17H,6-7,10-13H2,(H,26,29)(H,28,30);(H,6,7). The van der Waals surface area contributed by atoms with Crippen molar-refractivity contribution in [3.05, 3.63) is 66.6 Å². The summed E-state index contributed by atoms with van der Waals surface area (Å²) in [6.07, 6.45) is 0.143. The van der Waals surface area contributed by atoms with Crippen molar-refractivity contribution in [1.82, 2.24) is 19.4 Å². The van der Waals surface area contributed by atoms with E-state index in [0.717, 1.165) is 55.0 Å². The Morgan fingerprint density at radius 1 is 1.10 bits per heavy atom. The first-order valence-corrected chi connectivity index (χ1v) is 12.2. The third-order valence-corrected chi connectivity index (χ3v) is 5.76. The zero-order chi connectivity index (χ0) is 28.5. The van der Waals surface area contributed by atoms with Crippen LogP contribution in [0.3, 0.4) is 0 Å². The van der Waals surface area contributed by atoms with E-state index in [1.54, 1.807) is 24.5 Å². The third kappa shape index (κ3) is 7.35. The van der Waals surface area contributed by atoms with E-state index in [4.69, 9.17) is 24.9 Å². The minimum atomic E-state index is -5.08. The molecule has 3 N–H and O–H groups in total. The Bertz CT molecular complexity index is 1480. The van der Waals surface area contributed by atoms with E-state index in [2.05, 4.69) is 55.8 Å². The highest BCUT2D eigenvalue weighted by Crippen LogP contribution is 2.26. The van der Waals surface area contributed by atoms with Crippen LogP contribution in [-0.4, -0.2) is 76.0 Å². The Morgan fingerprint density at radius 2 is 1.85 bits per heavy atom. The monoisotopic (exact) mass is 554 g/mol. The van der Waals surface area contributed by atoms with Crippen LogP contribution in [0.4, 0.5) is 30.6 Å². The van der Waals surface area contributed by atoms with E-state index in [0.29, 0.717) is 18.7 Å². The van der Waals surface area contributed by atoms with Gasteiger partial charge in [0.05, 0.1) is 24.5 Å². The Kier molecular flexibility index (Phi) is 8.97. The lowest BCUT2D eigenvalue weighted by atomic mass is 10.1. The molecule has 208 valence electrons. The molecule has 5 rings (SSSR count). The number of aliphatic carboxylic acids is 1. The summed E-state index contributed by atoms with van der Waals surface area (Å²) in [5.74, 6) is -1.30. The van der Waals surface area contributed by atoms with Crippen molar-refractivity contribution in [2.45, 2.75) is 6.18 Å². The van der Waals surface area contributed by atoms with Crippen molar-refractivity contribution >= 4 is 29.1 Å². The zero-order valence-electron chi connectivity index (χ0n) is 21.1. The van der Waals surface area contributed by atoms with Gasteiger partial charge in [0.15, 0.2) is 0 Å². The summed E-state index contributed by atoms with van der Waals surface area (Å²) in [7, 11) is 0. The molecule has 0 atom stereocenters. The van der Waals surface area contributed by atoms with Gasteiger partial charge in [0.1, 0.15) is 17.5 Å². The van der Waals surface area contributed by atoms with Crippen LogP contribution in [0.5, 0.6) is 0 Å². The largest absolute Gasteiger partial charge is 0.490 e. The molecule has 0 saturated carbocycles. The molecule has 14 heteroatoms. The SMILES string of the molecule is N#Cc1ccc(NCCNc2nc(-c3cccc(N4CCOCC4)c3)cc3nccn23)nc1.O=C(O)C(F)(F)F. The molecule has 4 heterocycles. The fourth-order valence-electron chi connectivity index (χ4n) is 3.81. The lowest BCUT2D eigenvalue weighted by Gasteiger charge is -2.29. The molecule has 4 aromatic rings. The molecule has 1 fully saturated rings. The lowest BCUT2D eigenvalue weighted by Crippen LogP contribution is -2.36. The first-order valence-electron chi connectivity index (χ1n) is 12.2. The Labute approximate surface area is 226 Å². The number of nitriles is 1. The number of hydrogen-bond acceptors (Lipinski definition) is 9. The number of rotatable bonds is 7. The molecule has 0 amide bonds. The minimum absolute atomic E-state index is 0.542. The third-order valence-electron chi connectivity index (χ3n) is 5.76. The van der Waals surface area contributed by atoms with Gasteiger partial charge in [-0.25, -0.2) is 19.7 Å². The predicted octanol–water partition coefficient (Wildman–Crippen LogP) is 3.66. The molecular weight excluding hydrogens is 529 g/mol. The fraction of sp³-hybridized carbons (Fsp3) is 0.269. The van der Waals surface area contributed by atoms with E-state index in [-0.39, 0.29) is 0 Å². The summed E-state index contributed by atoms with van der Waals surface area (Å²) in [6.45, 7) is 4.58. The van der Waals surface area contributed by atoms with Crippen LogP contribution in [0.1, 0.15) is 5.56 Å².